The fraction of sp³-hybridized carbons (Fsp3) is 1.00. The lowest BCUT2D eigenvalue weighted by molar-refractivity contribution is 0.453. The third-order valence-corrected chi connectivity index (χ3v) is 3.75. The van der Waals surface area contributed by atoms with Crippen LogP contribution in [0.15, 0.2) is 0 Å². The SMILES string of the molecule is CCCCCCC1CC1(C)CC. The minimum atomic E-state index is 0.756. The highest BCUT2D eigenvalue weighted by Crippen LogP contribution is 2.57. The molecule has 0 N–H and O–H groups in total. The van der Waals surface area contributed by atoms with Gasteiger partial charge < -0.3 is 0 Å². The largest absolute Gasteiger partial charge is 0.0654 e. The summed E-state index contributed by atoms with van der Waals surface area (Å²) in [5.74, 6) is 1.08. The van der Waals surface area contributed by atoms with Gasteiger partial charge in [-0.1, -0.05) is 52.9 Å². The van der Waals surface area contributed by atoms with Gasteiger partial charge in [-0.25, -0.2) is 0 Å². The second-order valence-electron chi connectivity index (χ2n) is 4.76. The number of hydrogen-bond acceptors (Lipinski definition) is 0. The fourth-order valence-electron chi connectivity index (χ4n) is 2.21. The van der Waals surface area contributed by atoms with E-state index in [0.717, 1.165) is 11.3 Å². The molecule has 0 heterocycles. The summed E-state index contributed by atoms with van der Waals surface area (Å²) in [6.07, 6.45) is 10.2. The molecule has 0 amide bonds. The third-order valence-electron chi connectivity index (χ3n) is 3.75. The van der Waals surface area contributed by atoms with Gasteiger partial charge in [0, 0.05) is 0 Å². The van der Waals surface area contributed by atoms with Crippen molar-refractivity contribution >= 4 is 0 Å². The van der Waals surface area contributed by atoms with Crippen LogP contribution < -0.4 is 0 Å². The van der Waals surface area contributed by atoms with E-state index < -0.39 is 0 Å². The van der Waals surface area contributed by atoms with Crippen molar-refractivity contribution < 1.29 is 0 Å². The highest BCUT2D eigenvalue weighted by molar-refractivity contribution is 4.97. The first-order chi connectivity index (χ1) is 5.73. The maximum atomic E-state index is 2.46. The average molecular weight is 168 g/mol. The molecule has 1 fully saturated rings. The van der Waals surface area contributed by atoms with E-state index in [1.165, 1.54) is 44.9 Å². The zero-order valence-electron chi connectivity index (χ0n) is 9.03. The van der Waals surface area contributed by atoms with E-state index in [-0.39, 0.29) is 0 Å². The summed E-state index contributed by atoms with van der Waals surface area (Å²) in [6, 6.07) is 0. The van der Waals surface area contributed by atoms with Crippen molar-refractivity contribution in [3.05, 3.63) is 0 Å². The molecular weight excluding hydrogens is 144 g/mol. The molecule has 1 aliphatic rings. The Balaban J connectivity index is 1.97. The summed E-state index contributed by atoms with van der Waals surface area (Å²) in [5, 5.41) is 0. The molecular formula is C12H24. The zero-order valence-corrected chi connectivity index (χ0v) is 9.03. The molecule has 1 rings (SSSR count). The molecule has 2 atom stereocenters. The Hall–Kier alpha value is 0. The zero-order chi connectivity index (χ0) is 9.03. The van der Waals surface area contributed by atoms with Crippen molar-refractivity contribution in [1.82, 2.24) is 0 Å². The standard InChI is InChI=1S/C12H24/c1-4-6-7-8-9-11-10-12(11,3)5-2/h11H,4-10H2,1-3H3. The maximum Gasteiger partial charge on any atom is -0.0297 e. The molecule has 72 valence electrons. The van der Waals surface area contributed by atoms with E-state index >= 15 is 0 Å². The van der Waals surface area contributed by atoms with Crippen molar-refractivity contribution in [1.29, 1.82) is 0 Å². The Morgan fingerprint density at radius 1 is 1.17 bits per heavy atom. The van der Waals surface area contributed by atoms with Gasteiger partial charge in [-0.05, 0) is 24.2 Å². The maximum absolute atomic E-state index is 2.46. The summed E-state index contributed by atoms with van der Waals surface area (Å²) in [5.41, 5.74) is 0.756. The third kappa shape index (κ3) is 2.50. The van der Waals surface area contributed by atoms with Gasteiger partial charge in [0.05, 0.1) is 0 Å². The monoisotopic (exact) mass is 168 g/mol. The summed E-state index contributed by atoms with van der Waals surface area (Å²) >= 11 is 0. The van der Waals surface area contributed by atoms with E-state index in [0.29, 0.717) is 0 Å². The van der Waals surface area contributed by atoms with E-state index in [1.807, 2.05) is 0 Å². The van der Waals surface area contributed by atoms with Gasteiger partial charge in [0.2, 0.25) is 0 Å². The van der Waals surface area contributed by atoms with Gasteiger partial charge in [-0.15, -0.1) is 0 Å². The molecule has 0 saturated heterocycles. The Morgan fingerprint density at radius 3 is 2.42 bits per heavy atom. The number of hydrogen-bond donors (Lipinski definition) is 0. The molecule has 2 unspecified atom stereocenters. The highest BCUT2D eigenvalue weighted by atomic mass is 14.5. The van der Waals surface area contributed by atoms with Crippen LogP contribution in [0.5, 0.6) is 0 Å². The Kier molecular flexibility index (Phi) is 3.61. The van der Waals surface area contributed by atoms with Crippen LogP contribution in [-0.2, 0) is 0 Å². The van der Waals surface area contributed by atoms with E-state index in [1.54, 1.807) is 0 Å². The molecule has 12 heavy (non-hydrogen) atoms. The molecule has 0 aromatic carbocycles. The van der Waals surface area contributed by atoms with Crippen molar-refractivity contribution in [2.24, 2.45) is 11.3 Å². The Labute approximate surface area is 77.7 Å². The average Bonchev–Trinajstić information content (AvgIpc) is 2.73. The second-order valence-corrected chi connectivity index (χ2v) is 4.76. The molecule has 0 spiro atoms. The van der Waals surface area contributed by atoms with Gasteiger partial charge in [0.25, 0.3) is 0 Å². The fourth-order valence-corrected chi connectivity index (χ4v) is 2.21. The smallest absolute Gasteiger partial charge is 0.0297 e. The van der Waals surface area contributed by atoms with Crippen molar-refractivity contribution in [2.45, 2.75) is 65.7 Å². The topological polar surface area (TPSA) is 0 Å². The second kappa shape index (κ2) is 4.30. The van der Waals surface area contributed by atoms with Crippen molar-refractivity contribution in [3.63, 3.8) is 0 Å². The lowest BCUT2D eigenvalue weighted by Gasteiger charge is -2.06. The Morgan fingerprint density at radius 2 is 1.92 bits per heavy atom. The molecule has 0 aliphatic heterocycles. The summed E-state index contributed by atoms with van der Waals surface area (Å²) in [4.78, 5) is 0. The minimum Gasteiger partial charge on any atom is -0.0654 e. The van der Waals surface area contributed by atoms with Gasteiger partial charge in [-0.3, -0.25) is 0 Å². The van der Waals surface area contributed by atoms with Gasteiger partial charge in [0.1, 0.15) is 0 Å². The van der Waals surface area contributed by atoms with Crippen LogP contribution in [0.2, 0.25) is 0 Å². The van der Waals surface area contributed by atoms with Gasteiger partial charge >= 0.3 is 0 Å². The van der Waals surface area contributed by atoms with Crippen LogP contribution in [0.1, 0.15) is 65.7 Å². The highest BCUT2D eigenvalue weighted by Gasteiger charge is 2.46. The van der Waals surface area contributed by atoms with E-state index in [2.05, 4.69) is 20.8 Å². The van der Waals surface area contributed by atoms with Gasteiger partial charge in [-0.2, -0.15) is 0 Å². The van der Waals surface area contributed by atoms with Crippen LogP contribution in [0, 0.1) is 11.3 Å². The van der Waals surface area contributed by atoms with Crippen LogP contribution in [-0.4, -0.2) is 0 Å². The molecule has 0 nitrogen and oxygen atoms in total. The van der Waals surface area contributed by atoms with Crippen molar-refractivity contribution in [3.8, 4) is 0 Å². The predicted molar refractivity (Wildman–Crippen MR) is 55.3 cm³/mol. The molecule has 1 aliphatic carbocycles. The molecule has 0 radical (unpaired) electrons. The van der Waals surface area contributed by atoms with Crippen LogP contribution in [0.3, 0.4) is 0 Å². The van der Waals surface area contributed by atoms with E-state index in [4.69, 9.17) is 0 Å². The number of rotatable bonds is 6. The molecule has 0 aromatic rings. The first kappa shape index (κ1) is 10.1. The molecule has 0 heteroatoms. The normalized spacial score (nSPS) is 33.8. The lowest BCUT2D eigenvalue weighted by atomic mass is 10.00. The molecule has 1 saturated carbocycles. The van der Waals surface area contributed by atoms with Crippen LogP contribution in [0.4, 0.5) is 0 Å². The molecule has 0 aromatic heterocycles. The van der Waals surface area contributed by atoms with Crippen molar-refractivity contribution in [2.75, 3.05) is 0 Å². The minimum absolute atomic E-state index is 0.756. The first-order valence-corrected chi connectivity index (χ1v) is 5.73. The quantitative estimate of drug-likeness (QED) is 0.516. The van der Waals surface area contributed by atoms with Crippen LogP contribution >= 0.6 is 0 Å². The summed E-state index contributed by atoms with van der Waals surface area (Å²) < 4.78 is 0. The van der Waals surface area contributed by atoms with Crippen LogP contribution in [0.25, 0.3) is 0 Å². The first-order valence-electron chi connectivity index (χ1n) is 5.73. The summed E-state index contributed by atoms with van der Waals surface area (Å²) in [6.45, 7) is 7.08. The van der Waals surface area contributed by atoms with E-state index in [9.17, 15) is 0 Å². The molecule has 0 bridgehead atoms. The number of unbranched alkanes of at least 4 members (excludes halogenated alkanes) is 3. The van der Waals surface area contributed by atoms with Gasteiger partial charge in [0.15, 0.2) is 0 Å². The Bertz CT molecular complexity index is 128. The lowest BCUT2D eigenvalue weighted by Crippen LogP contribution is -1.95. The predicted octanol–water partition coefficient (Wildman–Crippen LogP) is 4.39. The summed E-state index contributed by atoms with van der Waals surface area (Å²) in [7, 11) is 0.